The van der Waals surface area contributed by atoms with E-state index in [2.05, 4.69) is 23.9 Å². The molecule has 0 saturated heterocycles. The summed E-state index contributed by atoms with van der Waals surface area (Å²) < 4.78 is 1.49. The fourth-order valence-electron chi connectivity index (χ4n) is 1.55. The molecule has 0 amide bonds. The summed E-state index contributed by atoms with van der Waals surface area (Å²) in [6.07, 6.45) is 1.01. The van der Waals surface area contributed by atoms with Gasteiger partial charge in [0.15, 0.2) is 5.65 Å². The van der Waals surface area contributed by atoms with Gasteiger partial charge in [0.2, 0.25) is 0 Å². The van der Waals surface area contributed by atoms with Gasteiger partial charge < -0.3 is 0 Å². The van der Waals surface area contributed by atoms with E-state index in [1.54, 1.807) is 6.07 Å². The number of rotatable bonds is 2. The van der Waals surface area contributed by atoms with Crippen LogP contribution >= 0.6 is 0 Å². The molecule has 4 heteroatoms. The van der Waals surface area contributed by atoms with Crippen molar-refractivity contribution in [1.82, 2.24) is 14.6 Å². The lowest BCUT2D eigenvalue weighted by Crippen LogP contribution is -2.13. The van der Waals surface area contributed by atoms with Gasteiger partial charge in [0.1, 0.15) is 5.82 Å². The highest BCUT2D eigenvalue weighted by Gasteiger charge is 2.09. The first-order valence-electron chi connectivity index (χ1n) is 5.21. The van der Waals surface area contributed by atoms with Crippen LogP contribution in [0, 0.1) is 6.92 Å². The molecule has 2 rings (SSSR count). The number of aromatic amines is 1. The molecule has 1 atom stereocenters. The molecule has 15 heavy (non-hydrogen) atoms. The van der Waals surface area contributed by atoms with Crippen LogP contribution in [0.4, 0.5) is 0 Å². The molecular formula is C11H15N3O. The Labute approximate surface area is 87.9 Å². The summed E-state index contributed by atoms with van der Waals surface area (Å²) >= 11 is 0. The summed E-state index contributed by atoms with van der Waals surface area (Å²) in [7, 11) is 0. The summed E-state index contributed by atoms with van der Waals surface area (Å²) in [6, 6.07) is 3.51. The van der Waals surface area contributed by atoms with Gasteiger partial charge in [0.05, 0.1) is 0 Å². The van der Waals surface area contributed by atoms with Crippen LogP contribution in [0.25, 0.3) is 5.65 Å². The zero-order valence-corrected chi connectivity index (χ0v) is 9.24. The first kappa shape index (κ1) is 9.96. The number of hydrogen-bond acceptors (Lipinski definition) is 2. The van der Waals surface area contributed by atoms with E-state index in [-0.39, 0.29) is 5.56 Å². The topological polar surface area (TPSA) is 50.2 Å². The van der Waals surface area contributed by atoms with Crippen molar-refractivity contribution in [2.24, 2.45) is 0 Å². The van der Waals surface area contributed by atoms with Crippen LogP contribution in [0.15, 0.2) is 16.9 Å². The Hall–Kier alpha value is -1.58. The standard InChI is InChI=1S/C11H15N3O/c1-4-8(3)11-12-9-5-7(2)6-10(15)14(9)13-11/h5-6,8H,4H2,1-3H3,(H,12,13). The second-order valence-corrected chi connectivity index (χ2v) is 3.98. The van der Waals surface area contributed by atoms with E-state index in [0.717, 1.165) is 17.8 Å². The predicted molar refractivity (Wildman–Crippen MR) is 59.3 cm³/mol. The Morgan fingerprint density at radius 2 is 2.27 bits per heavy atom. The van der Waals surface area contributed by atoms with E-state index in [9.17, 15) is 4.79 Å². The lowest BCUT2D eigenvalue weighted by atomic mass is 10.1. The maximum absolute atomic E-state index is 11.6. The molecular weight excluding hydrogens is 190 g/mol. The van der Waals surface area contributed by atoms with E-state index in [1.807, 2.05) is 13.0 Å². The van der Waals surface area contributed by atoms with Crippen molar-refractivity contribution in [3.63, 3.8) is 0 Å². The first-order chi connectivity index (χ1) is 7.11. The van der Waals surface area contributed by atoms with Crippen molar-refractivity contribution in [3.05, 3.63) is 33.9 Å². The van der Waals surface area contributed by atoms with Gasteiger partial charge in [0.25, 0.3) is 5.56 Å². The van der Waals surface area contributed by atoms with Crippen LogP contribution in [0.3, 0.4) is 0 Å². The Morgan fingerprint density at radius 1 is 1.53 bits per heavy atom. The third-order valence-corrected chi connectivity index (χ3v) is 2.70. The number of pyridine rings is 1. The number of H-pyrrole nitrogens is 1. The molecule has 0 aliphatic heterocycles. The van der Waals surface area contributed by atoms with Gasteiger partial charge >= 0.3 is 0 Å². The Balaban J connectivity index is 2.65. The molecule has 0 aromatic carbocycles. The summed E-state index contributed by atoms with van der Waals surface area (Å²) in [5.74, 6) is 1.23. The zero-order chi connectivity index (χ0) is 11.0. The normalized spacial score (nSPS) is 13.3. The predicted octanol–water partition coefficient (Wildman–Crippen LogP) is 1.84. The Kier molecular flexibility index (Phi) is 2.34. The van der Waals surface area contributed by atoms with Crippen LogP contribution in [-0.2, 0) is 0 Å². The van der Waals surface area contributed by atoms with E-state index < -0.39 is 0 Å². The van der Waals surface area contributed by atoms with Gasteiger partial charge in [-0.2, -0.15) is 0 Å². The number of aromatic nitrogens is 3. The third-order valence-electron chi connectivity index (χ3n) is 2.70. The minimum atomic E-state index is -0.0490. The average Bonchev–Trinajstić information content (AvgIpc) is 2.60. The molecule has 0 spiro atoms. The van der Waals surface area contributed by atoms with E-state index in [0.29, 0.717) is 11.6 Å². The van der Waals surface area contributed by atoms with E-state index in [4.69, 9.17) is 0 Å². The molecule has 80 valence electrons. The van der Waals surface area contributed by atoms with Gasteiger partial charge in [0, 0.05) is 12.0 Å². The van der Waals surface area contributed by atoms with Crippen LogP contribution < -0.4 is 5.56 Å². The SMILES string of the molecule is CCC(C)c1nc2cc(C)cc(=O)n2[nH]1. The van der Waals surface area contributed by atoms with Crippen molar-refractivity contribution in [1.29, 1.82) is 0 Å². The van der Waals surface area contributed by atoms with Crippen LogP contribution in [0.2, 0.25) is 0 Å². The quantitative estimate of drug-likeness (QED) is 0.813. The van der Waals surface area contributed by atoms with Crippen LogP contribution in [0.1, 0.15) is 37.6 Å². The molecule has 0 aliphatic rings. The van der Waals surface area contributed by atoms with Crippen LogP contribution in [-0.4, -0.2) is 14.6 Å². The smallest absolute Gasteiger partial charge is 0.271 e. The molecule has 1 unspecified atom stereocenters. The van der Waals surface area contributed by atoms with Crippen molar-refractivity contribution >= 4 is 5.65 Å². The largest absolute Gasteiger partial charge is 0.276 e. The fraction of sp³-hybridized carbons (Fsp3) is 0.455. The number of nitrogens with zero attached hydrogens (tertiary/aromatic N) is 2. The molecule has 0 bridgehead atoms. The maximum Gasteiger partial charge on any atom is 0.271 e. The highest BCUT2D eigenvalue weighted by Crippen LogP contribution is 2.14. The van der Waals surface area contributed by atoms with Crippen LogP contribution in [0.5, 0.6) is 0 Å². The second kappa shape index (κ2) is 3.53. The molecule has 2 aromatic heterocycles. The van der Waals surface area contributed by atoms with Gasteiger partial charge in [-0.15, -0.1) is 0 Å². The van der Waals surface area contributed by atoms with Crippen molar-refractivity contribution in [2.45, 2.75) is 33.1 Å². The zero-order valence-electron chi connectivity index (χ0n) is 9.24. The van der Waals surface area contributed by atoms with Gasteiger partial charge in [-0.25, -0.2) is 9.50 Å². The molecule has 0 aliphatic carbocycles. The highest BCUT2D eigenvalue weighted by atomic mass is 16.1. The monoisotopic (exact) mass is 205 g/mol. The molecule has 0 saturated carbocycles. The number of aryl methyl sites for hydroxylation is 1. The summed E-state index contributed by atoms with van der Waals surface area (Å²) in [5.41, 5.74) is 1.60. The number of hydrogen-bond donors (Lipinski definition) is 1. The highest BCUT2D eigenvalue weighted by molar-refractivity contribution is 5.40. The van der Waals surface area contributed by atoms with Crippen molar-refractivity contribution in [2.75, 3.05) is 0 Å². The Bertz CT molecular complexity index is 538. The van der Waals surface area contributed by atoms with Gasteiger partial charge in [-0.05, 0) is 25.0 Å². The lowest BCUT2D eigenvalue weighted by molar-refractivity contribution is 0.674. The molecule has 0 fully saturated rings. The number of nitrogens with one attached hydrogen (secondary N) is 1. The second-order valence-electron chi connectivity index (χ2n) is 3.98. The molecule has 4 nitrogen and oxygen atoms in total. The minimum Gasteiger partial charge on any atom is -0.276 e. The summed E-state index contributed by atoms with van der Waals surface area (Å²) in [6.45, 7) is 6.10. The maximum atomic E-state index is 11.6. The number of fused-ring (bicyclic) bond motifs is 1. The van der Waals surface area contributed by atoms with Gasteiger partial charge in [-0.1, -0.05) is 13.8 Å². The first-order valence-corrected chi connectivity index (χ1v) is 5.21. The third kappa shape index (κ3) is 1.67. The minimum absolute atomic E-state index is 0.0490. The Morgan fingerprint density at radius 3 is 2.93 bits per heavy atom. The summed E-state index contributed by atoms with van der Waals surface area (Å²) in [4.78, 5) is 16.0. The molecule has 2 heterocycles. The van der Waals surface area contributed by atoms with Crippen molar-refractivity contribution in [3.8, 4) is 0 Å². The molecule has 1 N–H and O–H groups in total. The van der Waals surface area contributed by atoms with Gasteiger partial charge in [-0.3, -0.25) is 9.89 Å². The van der Waals surface area contributed by atoms with E-state index >= 15 is 0 Å². The molecule has 0 radical (unpaired) electrons. The average molecular weight is 205 g/mol. The molecule has 2 aromatic rings. The lowest BCUT2D eigenvalue weighted by Gasteiger charge is -2.01. The van der Waals surface area contributed by atoms with Crippen molar-refractivity contribution < 1.29 is 0 Å². The van der Waals surface area contributed by atoms with E-state index in [1.165, 1.54) is 4.52 Å². The fourth-order valence-corrected chi connectivity index (χ4v) is 1.55. The summed E-state index contributed by atoms with van der Waals surface area (Å²) in [5, 5.41) is 3.03.